The van der Waals surface area contributed by atoms with Crippen molar-refractivity contribution in [1.82, 2.24) is 4.90 Å². The Hall–Kier alpha value is -0.870. The smallest absolute Gasteiger partial charge is 0.306 e. The lowest BCUT2D eigenvalue weighted by Crippen LogP contribution is -2.51. The van der Waals surface area contributed by atoms with Crippen molar-refractivity contribution in [2.45, 2.75) is 19.9 Å². The van der Waals surface area contributed by atoms with E-state index in [1.54, 1.807) is 6.92 Å². The van der Waals surface area contributed by atoms with E-state index in [4.69, 9.17) is 5.11 Å². The predicted octanol–water partition coefficient (Wildman–Crippen LogP) is 3.16. The fourth-order valence-electron chi connectivity index (χ4n) is 2.39. The second kappa shape index (κ2) is 5.41. The minimum absolute atomic E-state index is 0.243. The van der Waals surface area contributed by atoms with E-state index >= 15 is 0 Å². The maximum atomic E-state index is 10.9. The molecule has 0 aromatic heterocycles. The summed E-state index contributed by atoms with van der Waals surface area (Å²) < 4.78 is 1.12. The number of carboxylic acid groups (broad SMARTS) is 1. The molecule has 0 amide bonds. The molecule has 1 aliphatic heterocycles. The molecule has 18 heavy (non-hydrogen) atoms. The summed E-state index contributed by atoms with van der Waals surface area (Å²) in [5.41, 5.74) is 1.26. The van der Waals surface area contributed by atoms with Crippen molar-refractivity contribution in [2.75, 3.05) is 13.1 Å². The number of benzene rings is 1. The number of hydrogen-bond acceptors (Lipinski definition) is 2. The molecule has 0 bridgehead atoms. The van der Waals surface area contributed by atoms with Gasteiger partial charge in [-0.25, -0.2) is 0 Å². The lowest BCUT2D eigenvalue weighted by atomic mass is 9.85. The summed E-state index contributed by atoms with van der Waals surface area (Å²) in [6, 6.07) is 8.53. The summed E-state index contributed by atoms with van der Waals surface area (Å²) in [4.78, 5) is 13.2. The third-order valence-corrected chi connectivity index (χ3v) is 4.66. The minimum Gasteiger partial charge on any atom is -0.481 e. The Morgan fingerprint density at radius 2 is 2.00 bits per heavy atom. The number of nitrogens with zero attached hydrogens (tertiary/aromatic N) is 1. The molecule has 0 radical (unpaired) electrons. The average Bonchev–Trinajstić information content (AvgIpc) is 2.27. The monoisotopic (exact) mass is 311 g/mol. The van der Waals surface area contributed by atoms with Gasteiger partial charge in [0, 0.05) is 23.6 Å². The summed E-state index contributed by atoms with van der Waals surface area (Å²) >= 11 is 3.56. The van der Waals surface area contributed by atoms with E-state index in [0.717, 1.165) is 17.6 Å². The molecule has 1 heterocycles. The highest BCUT2D eigenvalue weighted by atomic mass is 79.9. The molecule has 1 aromatic rings. The average molecular weight is 312 g/mol. The van der Waals surface area contributed by atoms with Gasteiger partial charge >= 0.3 is 5.97 Å². The van der Waals surface area contributed by atoms with Gasteiger partial charge in [0.05, 0.1) is 5.92 Å². The third-order valence-electron chi connectivity index (χ3n) is 3.94. The van der Waals surface area contributed by atoms with Crippen LogP contribution in [-0.2, 0) is 4.79 Å². The van der Waals surface area contributed by atoms with Crippen LogP contribution in [0, 0.1) is 11.8 Å². The van der Waals surface area contributed by atoms with Crippen LogP contribution in [0.2, 0.25) is 0 Å². The standard InChI is InChI=1S/C14H18BrNO2/c1-9(14(17)18)11-7-16(8-11)10(2)12-5-3-4-6-13(12)15/h3-6,9-11H,7-8H2,1-2H3,(H,17,18). The first kappa shape index (κ1) is 13.6. The van der Waals surface area contributed by atoms with Gasteiger partial charge in [-0.1, -0.05) is 41.1 Å². The molecule has 1 saturated heterocycles. The van der Waals surface area contributed by atoms with Gasteiger partial charge in [-0.2, -0.15) is 0 Å². The Morgan fingerprint density at radius 3 is 2.56 bits per heavy atom. The molecule has 0 spiro atoms. The summed E-state index contributed by atoms with van der Waals surface area (Å²) in [7, 11) is 0. The molecular formula is C14H18BrNO2. The van der Waals surface area contributed by atoms with Gasteiger partial charge in [-0.15, -0.1) is 0 Å². The van der Waals surface area contributed by atoms with Crippen LogP contribution < -0.4 is 0 Å². The molecule has 0 aliphatic carbocycles. The number of likely N-dealkylation sites (tertiary alicyclic amines) is 1. The number of rotatable bonds is 4. The molecule has 98 valence electrons. The SMILES string of the molecule is CC(C(=O)O)C1CN(C(C)c2ccccc2Br)C1. The molecule has 1 aliphatic rings. The lowest BCUT2D eigenvalue weighted by molar-refractivity contribution is -0.146. The van der Waals surface area contributed by atoms with Crippen LogP contribution in [0.5, 0.6) is 0 Å². The Kier molecular flexibility index (Phi) is 4.07. The summed E-state index contributed by atoms with van der Waals surface area (Å²) in [5.74, 6) is -0.645. The Balaban J connectivity index is 1.96. The van der Waals surface area contributed by atoms with Crippen molar-refractivity contribution >= 4 is 21.9 Å². The van der Waals surface area contributed by atoms with Crippen LogP contribution >= 0.6 is 15.9 Å². The van der Waals surface area contributed by atoms with Crippen molar-refractivity contribution in [2.24, 2.45) is 11.8 Å². The first-order valence-electron chi connectivity index (χ1n) is 6.22. The van der Waals surface area contributed by atoms with Gasteiger partial charge in [0.15, 0.2) is 0 Å². The van der Waals surface area contributed by atoms with Crippen LogP contribution in [0.15, 0.2) is 28.7 Å². The predicted molar refractivity (Wildman–Crippen MR) is 74.4 cm³/mol. The molecule has 1 fully saturated rings. The van der Waals surface area contributed by atoms with Crippen molar-refractivity contribution < 1.29 is 9.90 Å². The summed E-state index contributed by atoms with van der Waals surface area (Å²) in [6.07, 6.45) is 0. The molecule has 0 saturated carbocycles. The number of halogens is 1. The van der Waals surface area contributed by atoms with Crippen LogP contribution in [0.1, 0.15) is 25.5 Å². The largest absolute Gasteiger partial charge is 0.481 e. The summed E-state index contributed by atoms with van der Waals surface area (Å²) in [6.45, 7) is 5.71. The van der Waals surface area contributed by atoms with E-state index in [9.17, 15) is 4.79 Å². The molecule has 1 N–H and O–H groups in total. The third kappa shape index (κ3) is 2.59. The van der Waals surface area contributed by atoms with Crippen LogP contribution in [0.4, 0.5) is 0 Å². The normalized spacial score (nSPS) is 20.2. The second-order valence-corrected chi connectivity index (χ2v) is 5.89. The highest BCUT2D eigenvalue weighted by Crippen LogP contribution is 2.34. The maximum Gasteiger partial charge on any atom is 0.306 e. The first-order valence-corrected chi connectivity index (χ1v) is 7.01. The topological polar surface area (TPSA) is 40.5 Å². The van der Waals surface area contributed by atoms with Gasteiger partial charge in [-0.3, -0.25) is 9.69 Å². The number of aliphatic carboxylic acids is 1. The Bertz CT molecular complexity index is 443. The van der Waals surface area contributed by atoms with Crippen LogP contribution in [0.25, 0.3) is 0 Å². The van der Waals surface area contributed by atoms with Crippen molar-refractivity contribution in [1.29, 1.82) is 0 Å². The van der Waals surface area contributed by atoms with Crippen LogP contribution in [-0.4, -0.2) is 29.1 Å². The zero-order valence-electron chi connectivity index (χ0n) is 10.6. The van der Waals surface area contributed by atoms with Crippen LogP contribution in [0.3, 0.4) is 0 Å². The van der Waals surface area contributed by atoms with Gasteiger partial charge in [0.25, 0.3) is 0 Å². The molecule has 2 unspecified atom stereocenters. The molecule has 2 atom stereocenters. The quantitative estimate of drug-likeness (QED) is 0.928. The maximum absolute atomic E-state index is 10.9. The van der Waals surface area contributed by atoms with E-state index in [0.29, 0.717) is 6.04 Å². The van der Waals surface area contributed by atoms with Gasteiger partial charge < -0.3 is 5.11 Å². The lowest BCUT2D eigenvalue weighted by Gasteiger charge is -2.45. The summed E-state index contributed by atoms with van der Waals surface area (Å²) in [5, 5.41) is 8.98. The van der Waals surface area contributed by atoms with E-state index in [1.165, 1.54) is 5.56 Å². The van der Waals surface area contributed by atoms with E-state index in [2.05, 4.69) is 33.8 Å². The van der Waals surface area contributed by atoms with Gasteiger partial charge in [0.2, 0.25) is 0 Å². The molecule has 2 rings (SSSR count). The molecule has 1 aromatic carbocycles. The zero-order valence-corrected chi connectivity index (χ0v) is 12.2. The highest BCUT2D eigenvalue weighted by Gasteiger charge is 2.37. The van der Waals surface area contributed by atoms with Crippen molar-refractivity contribution in [3.8, 4) is 0 Å². The van der Waals surface area contributed by atoms with Gasteiger partial charge in [0.1, 0.15) is 0 Å². The fourth-order valence-corrected chi connectivity index (χ4v) is 3.01. The molecule has 3 nitrogen and oxygen atoms in total. The number of carboxylic acids is 1. The number of hydrogen-bond donors (Lipinski definition) is 1. The van der Waals surface area contributed by atoms with Gasteiger partial charge in [-0.05, 0) is 24.5 Å². The molecular weight excluding hydrogens is 294 g/mol. The van der Waals surface area contributed by atoms with Crippen molar-refractivity contribution in [3.63, 3.8) is 0 Å². The van der Waals surface area contributed by atoms with E-state index in [1.807, 2.05) is 18.2 Å². The minimum atomic E-state index is -0.687. The highest BCUT2D eigenvalue weighted by molar-refractivity contribution is 9.10. The van der Waals surface area contributed by atoms with E-state index in [-0.39, 0.29) is 11.8 Å². The second-order valence-electron chi connectivity index (χ2n) is 5.04. The first-order chi connectivity index (χ1) is 8.50. The molecule has 4 heteroatoms. The van der Waals surface area contributed by atoms with E-state index < -0.39 is 5.97 Å². The zero-order chi connectivity index (χ0) is 13.3. The Morgan fingerprint density at radius 1 is 1.39 bits per heavy atom. The number of carbonyl (C=O) groups is 1. The Labute approximate surface area is 116 Å². The van der Waals surface area contributed by atoms with Crippen molar-refractivity contribution in [3.05, 3.63) is 34.3 Å². The fraction of sp³-hybridized carbons (Fsp3) is 0.500.